The first kappa shape index (κ1) is 16.7. The van der Waals surface area contributed by atoms with Gasteiger partial charge in [-0.05, 0) is 25.0 Å². The molecule has 0 saturated heterocycles. The lowest BCUT2D eigenvalue weighted by molar-refractivity contribution is 0.0918. The zero-order chi connectivity index (χ0) is 18.3. The van der Waals surface area contributed by atoms with E-state index >= 15 is 0 Å². The largest absolute Gasteiger partial charge is 0.393 e. The van der Waals surface area contributed by atoms with Crippen LogP contribution in [-0.2, 0) is 14.1 Å². The molecular weight excluding hydrogens is 332 g/mol. The lowest BCUT2D eigenvalue weighted by atomic mass is 10.0. The first-order valence-electron chi connectivity index (χ1n) is 8.74. The minimum Gasteiger partial charge on any atom is -0.393 e. The fourth-order valence-electron chi connectivity index (χ4n) is 3.91. The van der Waals surface area contributed by atoms with Gasteiger partial charge in [0.05, 0.1) is 29.0 Å². The van der Waals surface area contributed by atoms with Gasteiger partial charge in [0.1, 0.15) is 12.2 Å². The van der Waals surface area contributed by atoms with Crippen LogP contribution in [0.15, 0.2) is 30.9 Å². The summed E-state index contributed by atoms with van der Waals surface area (Å²) in [6.07, 6.45) is 4.34. The molecule has 1 fully saturated rings. The van der Waals surface area contributed by atoms with Crippen LogP contribution in [-0.4, -0.2) is 48.0 Å². The summed E-state index contributed by atoms with van der Waals surface area (Å²) < 4.78 is 3.74. The van der Waals surface area contributed by atoms with E-state index in [0.29, 0.717) is 18.5 Å². The number of benzene rings is 1. The Hall–Kier alpha value is -2.74. The van der Waals surface area contributed by atoms with Crippen molar-refractivity contribution in [2.24, 2.45) is 20.0 Å². The second kappa shape index (κ2) is 6.53. The molecule has 0 unspecified atom stereocenters. The van der Waals surface area contributed by atoms with E-state index in [9.17, 15) is 9.90 Å². The molecule has 1 amide bonds. The summed E-state index contributed by atoms with van der Waals surface area (Å²) in [5.41, 5.74) is 2.21. The van der Waals surface area contributed by atoms with E-state index in [1.165, 1.54) is 0 Å². The zero-order valence-corrected chi connectivity index (χ0v) is 14.8. The van der Waals surface area contributed by atoms with Gasteiger partial charge in [0.2, 0.25) is 0 Å². The predicted molar refractivity (Wildman–Crippen MR) is 95.5 cm³/mol. The van der Waals surface area contributed by atoms with Gasteiger partial charge in [-0.2, -0.15) is 0 Å². The van der Waals surface area contributed by atoms with Crippen molar-refractivity contribution in [2.75, 3.05) is 6.54 Å². The van der Waals surface area contributed by atoms with Gasteiger partial charge < -0.3 is 19.6 Å². The van der Waals surface area contributed by atoms with Crippen molar-refractivity contribution >= 4 is 16.9 Å². The van der Waals surface area contributed by atoms with E-state index in [0.717, 1.165) is 23.3 Å². The Morgan fingerprint density at radius 2 is 2.12 bits per heavy atom. The summed E-state index contributed by atoms with van der Waals surface area (Å²) in [6.45, 7) is 0.433. The van der Waals surface area contributed by atoms with Crippen LogP contribution in [0.25, 0.3) is 11.0 Å². The zero-order valence-electron chi connectivity index (χ0n) is 14.8. The number of rotatable bonds is 4. The summed E-state index contributed by atoms with van der Waals surface area (Å²) >= 11 is 0. The number of nitrogens with one attached hydrogen (secondary N) is 1. The summed E-state index contributed by atoms with van der Waals surface area (Å²) in [7, 11) is 3.78. The molecule has 8 nitrogen and oxygen atoms in total. The van der Waals surface area contributed by atoms with Crippen LogP contribution in [0, 0.1) is 5.92 Å². The third-order valence-corrected chi connectivity index (χ3v) is 5.28. The summed E-state index contributed by atoms with van der Waals surface area (Å²) in [6, 6.07) is 5.52. The number of imidazole rings is 1. The predicted octanol–water partition coefficient (Wildman–Crippen LogP) is 0.986. The van der Waals surface area contributed by atoms with E-state index in [2.05, 4.69) is 20.5 Å². The van der Waals surface area contributed by atoms with Gasteiger partial charge in [-0.25, -0.2) is 4.98 Å². The third kappa shape index (κ3) is 2.86. The number of para-hydroxylation sites is 1. The SMILES string of the molecule is Cn1cnnc1[C@H]1C[C@H](CNC(=O)c2cccc3ncn(C)c23)[C@H](O)C1. The maximum absolute atomic E-state index is 12.7. The van der Waals surface area contributed by atoms with Crippen LogP contribution in [0.4, 0.5) is 0 Å². The number of aromatic nitrogens is 5. The number of aryl methyl sites for hydroxylation is 2. The van der Waals surface area contributed by atoms with Crippen molar-refractivity contribution in [3.8, 4) is 0 Å². The topological polar surface area (TPSA) is 97.9 Å². The van der Waals surface area contributed by atoms with E-state index in [1.54, 1.807) is 18.7 Å². The van der Waals surface area contributed by atoms with Crippen molar-refractivity contribution in [2.45, 2.75) is 24.9 Å². The van der Waals surface area contributed by atoms with Gasteiger partial charge in [0.15, 0.2) is 0 Å². The maximum atomic E-state index is 12.7. The summed E-state index contributed by atoms with van der Waals surface area (Å²) in [4.78, 5) is 17.0. The number of hydrogen-bond acceptors (Lipinski definition) is 5. The van der Waals surface area contributed by atoms with Gasteiger partial charge >= 0.3 is 0 Å². The normalized spacial score (nSPS) is 22.8. The van der Waals surface area contributed by atoms with Crippen molar-refractivity contribution in [3.05, 3.63) is 42.2 Å². The Bertz CT molecular complexity index is 946. The number of hydrogen-bond donors (Lipinski definition) is 2. The summed E-state index contributed by atoms with van der Waals surface area (Å²) in [5.74, 6) is 0.914. The highest BCUT2D eigenvalue weighted by molar-refractivity contribution is 6.05. The second-order valence-electron chi connectivity index (χ2n) is 7.03. The van der Waals surface area contributed by atoms with Gasteiger partial charge in [-0.1, -0.05) is 6.07 Å². The van der Waals surface area contributed by atoms with Crippen LogP contribution >= 0.6 is 0 Å². The van der Waals surface area contributed by atoms with Gasteiger partial charge in [0, 0.05) is 32.5 Å². The number of amides is 1. The molecule has 1 aliphatic rings. The highest BCUT2D eigenvalue weighted by atomic mass is 16.3. The van der Waals surface area contributed by atoms with Gasteiger partial charge in [0.25, 0.3) is 5.91 Å². The van der Waals surface area contributed by atoms with Crippen molar-refractivity contribution < 1.29 is 9.90 Å². The van der Waals surface area contributed by atoms with E-state index in [-0.39, 0.29) is 17.7 Å². The van der Waals surface area contributed by atoms with Crippen molar-refractivity contribution in [1.29, 1.82) is 0 Å². The number of carbonyl (C=O) groups excluding carboxylic acids is 1. The molecule has 1 aliphatic carbocycles. The lowest BCUT2D eigenvalue weighted by Crippen LogP contribution is -2.32. The maximum Gasteiger partial charge on any atom is 0.253 e. The fourth-order valence-corrected chi connectivity index (χ4v) is 3.91. The average molecular weight is 354 g/mol. The standard InChI is InChI=1S/C18H22N6O2/c1-23-9-20-14-5-3-4-13(16(14)23)18(26)19-8-12-6-11(7-15(12)25)17-22-21-10-24(17)2/h3-5,9-12,15,25H,6-8H2,1-2H3,(H,19,26)/t11-,12+,15+/m0/s1. The smallest absolute Gasteiger partial charge is 0.253 e. The van der Waals surface area contributed by atoms with Crippen LogP contribution in [0.2, 0.25) is 0 Å². The molecule has 2 N–H and O–H groups in total. The highest BCUT2D eigenvalue weighted by Crippen LogP contribution is 2.37. The molecule has 3 aromatic rings. The van der Waals surface area contributed by atoms with Crippen LogP contribution < -0.4 is 5.32 Å². The van der Waals surface area contributed by atoms with Crippen LogP contribution in [0.1, 0.15) is 34.9 Å². The molecule has 2 aromatic heterocycles. The fraction of sp³-hybridized carbons (Fsp3) is 0.444. The number of aliphatic hydroxyl groups excluding tert-OH is 1. The minimum absolute atomic E-state index is 0.00592. The first-order chi connectivity index (χ1) is 12.5. The molecule has 1 aromatic carbocycles. The number of fused-ring (bicyclic) bond motifs is 1. The number of aliphatic hydroxyl groups is 1. The van der Waals surface area contributed by atoms with E-state index in [1.807, 2.05) is 35.4 Å². The molecule has 0 radical (unpaired) electrons. The Morgan fingerprint density at radius 3 is 2.88 bits per heavy atom. The van der Waals surface area contributed by atoms with Crippen LogP contribution in [0.3, 0.4) is 0 Å². The molecule has 0 spiro atoms. The Morgan fingerprint density at radius 1 is 1.27 bits per heavy atom. The lowest BCUT2D eigenvalue weighted by Gasteiger charge is -2.15. The molecular formula is C18H22N6O2. The number of carbonyl (C=O) groups is 1. The molecule has 0 aliphatic heterocycles. The molecule has 0 bridgehead atoms. The molecule has 1 saturated carbocycles. The molecule has 136 valence electrons. The first-order valence-corrected chi connectivity index (χ1v) is 8.74. The van der Waals surface area contributed by atoms with Crippen molar-refractivity contribution in [3.63, 3.8) is 0 Å². The van der Waals surface area contributed by atoms with Gasteiger partial charge in [-0.3, -0.25) is 4.79 Å². The Kier molecular flexibility index (Phi) is 4.20. The highest BCUT2D eigenvalue weighted by Gasteiger charge is 2.36. The molecule has 8 heteroatoms. The monoisotopic (exact) mass is 354 g/mol. The molecule has 3 atom stereocenters. The molecule has 26 heavy (non-hydrogen) atoms. The Balaban J connectivity index is 1.44. The van der Waals surface area contributed by atoms with E-state index in [4.69, 9.17) is 0 Å². The third-order valence-electron chi connectivity index (χ3n) is 5.28. The van der Waals surface area contributed by atoms with Gasteiger partial charge in [-0.15, -0.1) is 10.2 Å². The number of nitrogens with zero attached hydrogens (tertiary/aromatic N) is 5. The average Bonchev–Trinajstić information content (AvgIpc) is 3.32. The quantitative estimate of drug-likeness (QED) is 0.728. The molecule has 2 heterocycles. The Labute approximate surface area is 150 Å². The summed E-state index contributed by atoms with van der Waals surface area (Å²) in [5, 5.41) is 21.4. The van der Waals surface area contributed by atoms with Crippen LogP contribution in [0.5, 0.6) is 0 Å². The molecule has 4 rings (SSSR count). The van der Waals surface area contributed by atoms with Crippen molar-refractivity contribution in [1.82, 2.24) is 29.6 Å². The second-order valence-corrected chi connectivity index (χ2v) is 7.03. The minimum atomic E-state index is -0.454. The van der Waals surface area contributed by atoms with E-state index < -0.39 is 6.10 Å².